The molecule has 100 valence electrons. The first kappa shape index (κ1) is 12.0. The van der Waals surface area contributed by atoms with E-state index in [1.165, 1.54) is 12.1 Å². The predicted octanol–water partition coefficient (Wildman–Crippen LogP) is 1.88. The molecule has 0 N–H and O–H groups in total. The highest BCUT2D eigenvalue weighted by Gasteiger charge is 2.31. The highest BCUT2D eigenvalue weighted by molar-refractivity contribution is 5.86. The second-order valence-corrected chi connectivity index (χ2v) is 4.95. The van der Waals surface area contributed by atoms with Gasteiger partial charge in [0.15, 0.2) is 0 Å². The molecule has 0 unspecified atom stereocenters. The lowest BCUT2D eigenvalue weighted by atomic mass is 10.1. The predicted molar refractivity (Wildman–Crippen MR) is 69.7 cm³/mol. The third-order valence-electron chi connectivity index (χ3n) is 3.71. The molecule has 6 nitrogen and oxygen atoms in total. The van der Waals surface area contributed by atoms with Crippen molar-refractivity contribution in [2.24, 2.45) is 0 Å². The number of non-ortho nitro benzene ring substituents is 1. The van der Waals surface area contributed by atoms with Gasteiger partial charge in [0.25, 0.3) is 5.69 Å². The Labute approximate surface area is 110 Å². The van der Waals surface area contributed by atoms with Gasteiger partial charge in [0, 0.05) is 25.2 Å². The Morgan fingerprint density at radius 3 is 2.58 bits per heavy atom. The molecule has 1 amide bonds. The molecular formula is C13H15N3O3. The van der Waals surface area contributed by atoms with Crippen LogP contribution in [0.1, 0.15) is 24.8 Å². The second kappa shape index (κ2) is 4.53. The molecule has 1 fully saturated rings. The summed E-state index contributed by atoms with van der Waals surface area (Å²) < 4.78 is 0. The van der Waals surface area contributed by atoms with Gasteiger partial charge in [-0.2, -0.15) is 0 Å². The summed E-state index contributed by atoms with van der Waals surface area (Å²) in [6.07, 6.45) is 3.43. The molecule has 0 aromatic heterocycles. The van der Waals surface area contributed by atoms with Crippen LogP contribution >= 0.6 is 0 Å². The number of carbonyl (C=O) groups is 1. The lowest BCUT2D eigenvalue weighted by molar-refractivity contribution is -0.384. The summed E-state index contributed by atoms with van der Waals surface area (Å²) >= 11 is 0. The Hall–Kier alpha value is -2.11. The lowest BCUT2D eigenvalue weighted by Crippen LogP contribution is -2.50. The minimum atomic E-state index is -0.417. The van der Waals surface area contributed by atoms with E-state index in [0.717, 1.165) is 43.6 Å². The average molecular weight is 261 g/mol. The van der Waals surface area contributed by atoms with Crippen molar-refractivity contribution in [3.8, 4) is 0 Å². The molecule has 0 spiro atoms. The summed E-state index contributed by atoms with van der Waals surface area (Å²) in [5.74, 6) is 0.0369. The zero-order valence-electron chi connectivity index (χ0n) is 10.5. The molecule has 19 heavy (non-hydrogen) atoms. The standard InChI is InChI=1S/C13H15N3O3/c17-13-9-10-8-11(16(18)19)4-5-12(10)14-6-2-1-3-7-15(13)14/h4-5,8H,1-3,6-7,9H2. The SMILES string of the molecule is O=C1Cc2cc([N+](=O)[O-])ccc2N2CCCCCN12. The van der Waals surface area contributed by atoms with Gasteiger partial charge < -0.3 is 0 Å². The van der Waals surface area contributed by atoms with E-state index in [-0.39, 0.29) is 18.0 Å². The number of anilines is 1. The van der Waals surface area contributed by atoms with E-state index in [1.807, 2.05) is 5.01 Å². The summed E-state index contributed by atoms with van der Waals surface area (Å²) in [5.41, 5.74) is 1.75. The fourth-order valence-electron chi connectivity index (χ4n) is 2.78. The minimum Gasteiger partial charge on any atom is -0.283 e. The maximum atomic E-state index is 12.1. The Balaban J connectivity index is 2.03. The minimum absolute atomic E-state index is 0.0369. The molecule has 0 saturated carbocycles. The molecule has 1 saturated heterocycles. The van der Waals surface area contributed by atoms with Crippen LogP contribution in [0.4, 0.5) is 11.4 Å². The summed E-state index contributed by atoms with van der Waals surface area (Å²) in [5, 5.41) is 14.6. The lowest BCUT2D eigenvalue weighted by Gasteiger charge is -2.39. The van der Waals surface area contributed by atoms with Gasteiger partial charge in [0.2, 0.25) is 5.91 Å². The smallest absolute Gasteiger partial charge is 0.269 e. The first-order valence-electron chi connectivity index (χ1n) is 6.52. The number of carbonyl (C=O) groups excluding carboxylic acids is 1. The Bertz CT molecular complexity index is 544. The number of hydrazine groups is 1. The van der Waals surface area contributed by atoms with Gasteiger partial charge in [-0.25, -0.2) is 0 Å². The largest absolute Gasteiger partial charge is 0.283 e. The first-order chi connectivity index (χ1) is 9.16. The van der Waals surface area contributed by atoms with Crippen LogP contribution in [-0.2, 0) is 11.2 Å². The number of fused-ring (bicyclic) bond motifs is 3. The van der Waals surface area contributed by atoms with E-state index >= 15 is 0 Å². The van der Waals surface area contributed by atoms with Crippen LogP contribution in [0.15, 0.2) is 18.2 Å². The monoisotopic (exact) mass is 261 g/mol. The Morgan fingerprint density at radius 2 is 1.84 bits per heavy atom. The molecule has 6 heteroatoms. The Morgan fingerprint density at radius 1 is 1.11 bits per heavy atom. The first-order valence-corrected chi connectivity index (χ1v) is 6.52. The molecule has 3 rings (SSSR count). The molecule has 0 aliphatic carbocycles. The van der Waals surface area contributed by atoms with Crippen molar-refractivity contribution in [2.45, 2.75) is 25.7 Å². The van der Waals surface area contributed by atoms with E-state index in [4.69, 9.17) is 0 Å². The fourth-order valence-corrected chi connectivity index (χ4v) is 2.78. The van der Waals surface area contributed by atoms with Gasteiger partial charge in [0.1, 0.15) is 0 Å². The zero-order chi connectivity index (χ0) is 13.4. The van der Waals surface area contributed by atoms with Gasteiger partial charge in [-0.3, -0.25) is 24.9 Å². The van der Waals surface area contributed by atoms with E-state index in [1.54, 1.807) is 11.1 Å². The maximum absolute atomic E-state index is 12.1. The number of benzene rings is 1. The highest BCUT2D eigenvalue weighted by atomic mass is 16.6. The molecule has 2 aliphatic heterocycles. The summed E-state index contributed by atoms with van der Waals surface area (Å²) in [4.78, 5) is 22.5. The molecule has 2 heterocycles. The van der Waals surface area contributed by atoms with Crippen molar-refractivity contribution in [1.82, 2.24) is 5.01 Å². The number of nitrogens with zero attached hydrogens (tertiary/aromatic N) is 3. The molecule has 0 atom stereocenters. The normalized spacial score (nSPS) is 18.6. The quantitative estimate of drug-likeness (QED) is 0.572. The maximum Gasteiger partial charge on any atom is 0.269 e. The summed E-state index contributed by atoms with van der Waals surface area (Å²) in [7, 11) is 0. The molecule has 2 aliphatic rings. The van der Waals surface area contributed by atoms with E-state index in [9.17, 15) is 14.9 Å². The van der Waals surface area contributed by atoms with Crippen LogP contribution in [0.25, 0.3) is 0 Å². The second-order valence-electron chi connectivity index (χ2n) is 4.95. The van der Waals surface area contributed by atoms with Crippen molar-refractivity contribution < 1.29 is 9.72 Å². The van der Waals surface area contributed by atoms with Gasteiger partial charge in [-0.05, 0) is 30.9 Å². The number of amides is 1. The topological polar surface area (TPSA) is 66.7 Å². The number of nitro benzene ring substituents is 1. The summed E-state index contributed by atoms with van der Waals surface area (Å²) in [6.45, 7) is 1.55. The van der Waals surface area contributed by atoms with Gasteiger partial charge in [-0.15, -0.1) is 0 Å². The van der Waals surface area contributed by atoms with E-state index in [2.05, 4.69) is 0 Å². The van der Waals surface area contributed by atoms with Gasteiger partial charge >= 0.3 is 0 Å². The van der Waals surface area contributed by atoms with Crippen molar-refractivity contribution in [3.05, 3.63) is 33.9 Å². The van der Waals surface area contributed by atoms with Crippen LogP contribution < -0.4 is 5.01 Å². The summed E-state index contributed by atoms with van der Waals surface area (Å²) in [6, 6.07) is 4.80. The number of rotatable bonds is 1. The number of nitro groups is 1. The van der Waals surface area contributed by atoms with Crippen molar-refractivity contribution in [3.63, 3.8) is 0 Å². The van der Waals surface area contributed by atoms with Crippen molar-refractivity contribution in [1.29, 1.82) is 0 Å². The Kier molecular flexibility index (Phi) is 2.85. The number of hydrogen-bond acceptors (Lipinski definition) is 4. The van der Waals surface area contributed by atoms with Crippen molar-refractivity contribution in [2.75, 3.05) is 18.1 Å². The third kappa shape index (κ3) is 2.03. The van der Waals surface area contributed by atoms with Crippen LogP contribution in [0.5, 0.6) is 0 Å². The molecular weight excluding hydrogens is 246 g/mol. The molecule has 1 aromatic rings. The highest BCUT2D eigenvalue weighted by Crippen LogP contribution is 2.32. The van der Waals surface area contributed by atoms with Crippen LogP contribution in [0.2, 0.25) is 0 Å². The number of hydrogen-bond donors (Lipinski definition) is 0. The zero-order valence-corrected chi connectivity index (χ0v) is 10.5. The van der Waals surface area contributed by atoms with Crippen molar-refractivity contribution >= 4 is 17.3 Å². The fraction of sp³-hybridized carbons (Fsp3) is 0.462. The molecule has 0 bridgehead atoms. The van der Waals surface area contributed by atoms with E-state index in [0.29, 0.717) is 0 Å². The van der Waals surface area contributed by atoms with Gasteiger partial charge in [-0.1, -0.05) is 0 Å². The van der Waals surface area contributed by atoms with Crippen LogP contribution in [-0.4, -0.2) is 28.9 Å². The van der Waals surface area contributed by atoms with Crippen LogP contribution in [0, 0.1) is 10.1 Å². The van der Waals surface area contributed by atoms with E-state index < -0.39 is 4.92 Å². The molecule has 1 aromatic carbocycles. The average Bonchev–Trinajstić information content (AvgIpc) is 2.64. The van der Waals surface area contributed by atoms with Gasteiger partial charge in [0.05, 0.1) is 17.0 Å². The molecule has 0 radical (unpaired) electrons. The third-order valence-corrected chi connectivity index (χ3v) is 3.71. The van der Waals surface area contributed by atoms with Crippen LogP contribution in [0.3, 0.4) is 0 Å².